The fraction of sp³-hybridized carbons (Fsp3) is 0. The van der Waals surface area contributed by atoms with Crippen LogP contribution in [0.1, 0.15) is 10.5 Å². The normalized spacial score (nSPS) is 10.0. The number of aromatic carboxylic acids is 1. The molecule has 0 amide bonds. The summed E-state index contributed by atoms with van der Waals surface area (Å²) in [4.78, 5) is 14.4. The third kappa shape index (κ3) is 1.65. The number of hydrogen-bond donors (Lipinski definition) is 1. The number of rotatable bonds is 2. The van der Waals surface area contributed by atoms with Gasteiger partial charge in [0, 0.05) is 6.20 Å². The van der Waals surface area contributed by atoms with E-state index in [2.05, 4.69) is 4.98 Å². The largest absolute Gasteiger partial charge is 0.477 e. The lowest BCUT2D eigenvalue weighted by Gasteiger charge is -1.98. The first-order chi connectivity index (χ1) is 6.77. The Balaban J connectivity index is 2.46. The molecule has 2 aromatic rings. The number of thiophene rings is 1. The Kier molecular flexibility index (Phi) is 2.28. The monoisotopic (exact) mass is 205 g/mol. The van der Waals surface area contributed by atoms with E-state index < -0.39 is 5.97 Å². The molecular weight excluding hydrogens is 198 g/mol. The van der Waals surface area contributed by atoms with Crippen LogP contribution in [0.5, 0.6) is 0 Å². The van der Waals surface area contributed by atoms with Crippen LogP contribution in [-0.2, 0) is 0 Å². The number of carboxylic acids is 1. The summed E-state index contributed by atoms with van der Waals surface area (Å²) in [5.41, 5.74) is 1.99. The quantitative estimate of drug-likeness (QED) is 0.819. The summed E-state index contributed by atoms with van der Waals surface area (Å²) in [6, 6.07) is 5.32. The van der Waals surface area contributed by atoms with E-state index in [1.54, 1.807) is 23.5 Å². The van der Waals surface area contributed by atoms with Gasteiger partial charge in [-0.1, -0.05) is 0 Å². The van der Waals surface area contributed by atoms with Gasteiger partial charge in [0.2, 0.25) is 0 Å². The number of pyridine rings is 1. The Labute approximate surface area is 84.7 Å². The second kappa shape index (κ2) is 3.59. The van der Waals surface area contributed by atoms with Crippen molar-refractivity contribution in [1.82, 2.24) is 4.98 Å². The summed E-state index contributed by atoms with van der Waals surface area (Å²) in [6.07, 6.45) is 1.51. The van der Waals surface area contributed by atoms with Gasteiger partial charge >= 0.3 is 5.97 Å². The zero-order valence-corrected chi connectivity index (χ0v) is 7.99. The summed E-state index contributed by atoms with van der Waals surface area (Å²) in [6.45, 7) is 0. The van der Waals surface area contributed by atoms with E-state index >= 15 is 0 Å². The van der Waals surface area contributed by atoms with Crippen LogP contribution in [0, 0.1) is 0 Å². The standard InChI is InChI=1S/C10H7NO2S/c12-10(13)9-5-7(1-3-11-9)8-2-4-14-6-8/h1-6H,(H,12,13). The molecule has 4 heteroatoms. The Morgan fingerprint density at radius 3 is 2.86 bits per heavy atom. The van der Waals surface area contributed by atoms with Gasteiger partial charge in [0.15, 0.2) is 0 Å². The Morgan fingerprint density at radius 2 is 2.21 bits per heavy atom. The zero-order chi connectivity index (χ0) is 9.97. The molecule has 2 rings (SSSR count). The van der Waals surface area contributed by atoms with Crippen molar-refractivity contribution in [2.75, 3.05) is 0 Å². The third-order valence-corrected chi connectivity index (χ3v) is 2.52. The number of aromatic nitrogens is 1. The molecule has 0 fully saturated rings. The van der Waals surface area contributed by atoms with E-state index in [1.165, 1.54) is 6.20 Å². The van der Waals surface area contributed by atoms with Crippen molar-refractivity contribution in [3.63, 3.8) is 0 Å². The van der Waals surface area contributed by atoms with Crippen LogP contribution in [0.2, 0.25) is 0 Å². The van der Waals surface area contributed by atoms with Gasteiger partial charge in [0.25, 0.3) is 0 Å². The highest BCUT2D eigenvalue weighted by molar-refractivity contribution is 7.08. The van der Waals surface area contributed by atoms with Gasteiger partial charge in [0.05, 0.1) is 0 Å². The Hall–Kier alpha value is -1.68. The molecule has 0 bridgehead atoms. The fourth-order valence-electron chi connectivity index (χ4n) is 1.16. The van der Waals surface area contributed by atoms with Gasteiger partial charge in [-0.3, -0.25) is 0 Å². The minimum absolute atomic E-state index is 0.0775. The minimum atomic E-state index is -0.998. The van der Waals surface area contributed by atoms with E-state index in [4.69, 9.17) is 5.11 Å². The van der Waals surface area contributed by atoms with Crippen molar-refractivity contribution in [2.45, 2.75) is 0 Å². The molecule has 2 aromatic heterocycles. The first-order valence-corrected chi connectivity index (χ1v) is 4.93. The van der Waals surface area contributed by atoms with Crippen LogP contribution in [-0.4, -0.2) is 16.1 Å². The van der Waals surface area contributed by atoms with Gasteiger partial charge in [-0.05, 0) is 40.1 Å². The highest BCUT2D eigenvalue weighted by Crippen LogP contribution is 2.21. The van der Waals surface area contributed by atoms with Crippen LogP contribution in [0.15, 0.2) is 35.2 Å². The van der Waals surface area contributed by atoms with Crippen molar-refractivity contribution in [2.24, 2.45) is 0 Å². The van der Waals surface area contributed by atoms with Gasteiger partial charge < -0.3 is 5.11 Å². The smallest absolute Gasteiger partial charge is 0.354 e. The topological polar surface area (TPSA) is 50.2 Å². The Bertz CT molecular complexity index is 451. The molecule has 0 saturated carbocycles. The molecule has 3 nitrogen and oxygen atoms in total. The van der Waals surface area contributed by atoms with E-state index in [0.29, 0.717) is 0 Å². The average Bonchev–Trinajstić information content (AvgIpc) is 2.71. The predicted octanol–water partition coefficient (Wildman–Crippen LogP) is 2.51. The third-order valence-electron chi connectivity index (χ3n) is 1.83. The highest BCUT2D eigenvalue weighted by atomic mass is 32.1. The molecular formula is C10H7NO2S. The van der Waals surface area contributed by atoms with Crippen molar-refractivity contribution in [3.8, 4) is 11.1 Å². The zero-order valence-electron chi connectivity index (χ0n) is 7.18. The molecule has 0 aliphatic rings. The van der Waals surface area contributed by atoms with Gasteiger partial charge in [0.1, 0.15) is 5.69 Å². The SMILES string of the molecule is O=C(O)c1cc(-c2ccsc2)ccn1. The number of carbonyl (C=O) groups is 1. The fourth-order valence-corrected chi connectivity index (χ4v) is 1.82. The van der Waals surface area contributed by atoms with Gasteiger partial charge in [-0.25, -0.2) is 9.78 Å². The van der Waals surface area contributed by atoms with Crippen LogP contribution >= 0.6 is 11.3 Å². The average molecular weight is 205 g/mol. The van der Waals surface area contributed by atoms with E-state index in [9.17, 15) is 4.79 Å². The highest BCUT2D eigenvalue weighted by Gasteiger charge is 2.05. The maximum absolute atomic E-state index is 10.7. The van der Waals surface area contributed by atoms with Crippen molar-refractivity contribution in [3.05, 3.63) is 40.8 Å². The predicted molar refractivity (Wildman–Crippen MR) is 54.5 cm³/mol. The van der Waals surface area contributed by atoms with Crippen LogP contribution in [0.3, 0.4) is 0 Å². The summed E-state index contributed by atoms with van der Waals surface area (Å²) in [5.74, 6) is -0.998. The molecule has 0 atom stereocenters. The molecule has 0 saturated heterocycles. The molecule has 2 heterocycles. The molecule has 0 aromatic carbocycles. The van der Waals surface area contributed by atoms with E-state index in [1.807, 2.05) is 16.8 Å². The van der Waals surface area contributed by atoms with Crippen LogP contribution in [0.25, 0.3) is 11.1 Å². The molecule has 0 spiro atoms. The lowest BCUT2D eigenvalue weighted by atomic mass is 10.1. The Morgan fingerprint density at radius 1 is 1.36 bits per heavy atom. The van der Waals surface area contributed by atoms with Crippen LogP contribution < -0.4 is 0 Å². The maximum Gasteiger partial charge on any atom is 0.354 e. The first-order valence-electron chi connectivity index (χ1n) is 3.99. The van der Waals surface area contributed by atoms with E-state index in [-0.39, 0.29) is 5.69 Å². The summed E-state index contributed by atoms with van der Waals surface area (Å²) in [5, 5.41) is 12.7. The van der Waals surface area contributed by atoms with Crippen molar-refractivity contribution < 1.29 is 9.90 Å². The van der Waals surface area contributed by atoms with Crippen molar-refractivity contribution in [1.29, 1.82) is 0 Å². The molecule has 1 N–H and O–H groups in total. The van der Waals surface area contributed by atoms with Crippen LogP contribution in [0.4, 0.5) is 0 Å². The first kappa shape index (κ1) is 8.90. The summed E-state index contributed by atoms with van der Waals surface area (Å²) in [7, 11) is 0. The van der Waals surface area contributed by atoms with Crippen molar-refractivity contribution >= 4 is 17.3 Å². The van der Waals surface area contributed by atoms with E-state index in [0.717, 1.165) is 11.1 Å². The number of nitrogens with zero attached hydrogens (tertiary/aromatic N) is 1. The van der Waals surface area contributed by atoms with Gasteiger partial charge in [-0.15, -0.1) is 0 Å². The molecule has 0 radical (unpaired) electrons. The molecule has 0 aliphatic carbocycles. The second-order valence-corrected chi connectivity index (χ2v) is 3.53. The number of carboxylic acid groups (broad SMARTS) is 1. The summed E-state index contributed by atoms with van der Waals surface area (Å²) >= 11 is 1.58. The maximum atomic E-state index is 10.7. The minimum Gasteiger partial charge on any atom is -0.477 e. The lowest BCUT2D eigenvalue weighted by Crippen LogP contribution is -1.99. The second-order valence-electron chi connectivity index (χ2n) is 2.75. The molecule has 0 unspecified atom stereocenters. The van der Waals surface area contributed by atoms with Gasteiger partial charge in [-0.2, -0.15) is 11.3 Å². The molecule has 70 valence electrons. The molecule has 0 aliphatic heterocycles. The lowest BCUT2D eigenvalue weighted by molar-refractivity contribution is 0.0690. The summed E-state index contributed by atoms with van der Waals surface area (Å²) < 4.78 is 0. The number of hydrogen-bond acceptors (Lipinski definition) is 3. The molecule has 14 heavy (non-hydrogen) atoms.